The van der Waals surface area contributed by atoms with Gasteiger partial charge in [0.25, 0.3) is 11.1 Å². The Morgan fingerprint density at radius 1 is 1.09 bits per heavy atom. The molecule has 0 amide bonds. The number of pyridine rings is 2. The van der Waals surface area contributed by atoms with Crippen LogP contribution in [0.4, 0.5) is 0 Å². The lowest BCUT2D eigenvalue weighted by Gasteiger charge is -2.34. The molecule has 3 aliphatic rings. The number of fused-ring (bicyclic) bond motifs is 1. The number of piperidine rings is 1. The van der Waals surface area contributed by atoms with E-state index in [1.54, 1.807) is 15.2 Å². The largest absolute Gasteiger partial charge is 0.492 e. The summed E-state index contributed by atoms with van der Waals surface area (Å²) in [6.45, 7) is 4.78. The third-order valence-electron chi connectivity index (χ3n) is 7.15. The molecule has 0 aliphatic carbocycles. The van der Waals surface area contributed by atoms with Gasteiger partial charge in [-0.05, 0) is 56.5 Å². The maximum atomic E-state index is 12.6. The van der Waals surface area contributed by atoms with E-state index < -0.39 is 0 Å². The van der Waals surface area contributed by atoms with Gasteiger partial charge in [0.1, 0.15) is 16.9 Å². The van der Waals surface area contributed by atoms with Crippen LogP contribution < -0.4 is 21.2 Å². The standard InChI is InChI=1S/C24H28N6O3/c31-22-4-3-20-24-29(22)15-19(30(24)23(32)13-27-20)14-28-7-5-17(6-8-28)25-11-18-10-16-2-1-9-33-21(16)12-26-18/h3-4,10,12-13,17,19,25H,1-2,5-9,11,14-15H2. The molecular formula is C24H28N6O3. The van der Waals surface area contributed by atoms with E-state index in [1.807, 2.05) is 6.20 Å². The second-order valence-electron chi connectivity index (χ2n) is 9.30. The number of likely N-dealkylation sites (tertiary alicyclic amines) is 1. The molecule has 0 radical (unpaired) electrons. The molecule has 3 aliphatic heterocycles. The van der Waals surface area contributed by atoms with Crippen LogP contribution in [0.5, 0.6) is 5.75 Å². The lowest BCUT2D eigenvalue weighted by Crippen LogP contribution is -2.44. The van der Waals surface area contributed by atoms with E-state index in [1.165, 1.54) is 17.8 Å². The van der Waals surface area contributed by atoms with Crippen LogP contribution in [0.25, 0.3) is 11.2 Å². The van der Waals surface area contributed by atoms with Crippen LogP contribution in [0.3, 0.4) is 0 Å². The Morgan fingerprint density at radius 3 is 2.85 bits per heavy atom. The maximum absolute atomic E-state index is 12.6. The van der Waals surface area contributed by atoms with E-state index >= 15 is 0 Å². The molecule has 0 aromatic carbocycles. The van der Waals surface area contributed by atoms with Crippen molar-refractivity contribution in [1.82, 2.24) is 29.3 Å². The maximum Gasteiger partial charge on any atom is 0.270 e. The van der Waals surface area contributed by atoms with Crippen LogP contribution in [0.15, 0.2) is 40.2 Å². The SMILES string of the molecule is O=c1ccc2ncc(=O)n3c2n1CC3CN1CCC(NCc2cc3c(cn2)OCCC3)CC1. The summed E-state index contributed by atoms with van der Waals surface area (Å²) >= 11 is 0. The fourth-order valence-electron chi connectivity index (χ4n) is 5.43. The van der Waals surface area contributed by atoms with Crippen molar-refractivity contribution in [3.8, 4) is 5.75 Å². The average Bonchev–Trinajstić information content (AvgIpc) is 3.23. The zero-order chi connectivity index (χ0) is 22.4. The fourth-order valence-corrected chi connectivity index (χ4v) is 5.43. The summed E-state index contributed by atoms with van der Waals surface area (Å²) in [5.74, 6) is 0.931. The molecule has 1 saturated heterocycles. The molecule has 6 heterocycles. The Labute approximate surface area is 191 Å². The molecule has 0 saturated carbocycles. The molecule has 9 heteroatoms. The van der Waals surface area contributed by atoms with E-state index in [4.69, 9.17) is 4.74 Å². The third kappa shape index (κ3) is 3.85. The second-order valence-corrected chi connectivity index (χ2v) is 9.30. The molecule has 3 aromatic heterocycles. The number of aromatic nitrogens is 4. The summed E-state index contributed by atoms with van der Waals surface area (Å²) in [5, 5.41) is 3.67. The Bertz CT molecular complexity index is 1300. The lowest BCUT2D eigenvalue weighted by atomic mass is 10.0. The molecular weight excluding hydrogens is 420 g/mol. The van der Waals surface area contributed by atoms with E-state index in [2.05, 4.69) is 26.3 Å². The molecule has 0 bridgehead atoms. The predicted octanol–water partition coefficient (Wildman–Crippen LogP) is 1.09. The number of ether oxygens (including phenoxy) is 1. The molecule has 0 spiro atoms. The summed E-state index contributed by atoms with van der Waals surface area (Å²) in [5.41, 5.74) is 3.47. The van der Waals surface area contributed by atoms with Gasteiger partial charge in [-0.3, -0.25) is 23.7 Å². The van der Waals surface area contributed by atoms with Gasteiger partial charge < -0.3 is 15.0 Å². The van der Waals surface area contributed by atoms with Gasteiger partial charge in [0, 0.05) is 31.7 Å². The Morgan fingerprint density at radius 2 is 1.97 bits per heavy atom. The minimum Gasteiger partial charge on any atom is -0.492 e. The van der Waals surface area contributed by atoms with Gasteiger partial charge in [-0.2, -0.15) is 0 Å². The van der Waals surface area contributed by atoms with Crippen LogP contribution >= 0.6 is 0 Å². The zero-order valence-corrected chi connectivity index (χ0v) is 18.6. The van der Waals surface area contributed by atoms with Gasteiger partial charge in [-0.15, -0.1) is 0 Å². The van der Waals surface area contributed by atoms with Gasteiger partial charge >= 0.3 is 0 Å². The van der Waals surface area contributed by atoms with Crippen molar-refractivity contribution < 1.29 is 4.74 Å². The number of nitrogens with one attached hydrogen (secondary N) is 1. The van der Waals surface area contributed by atoms with Crippen molar-refractivity contribution in [3.05, 3.63) is 62.6 Å². The van der Waals surface area contributed by atoms with E-state index in [0.29, 0.717) is 23.8 Å². The Kier molecular flexibility index (Phi) is 5.22. The van der Waals surface area contributed by atoms with Gasteiger partial charge in [0.2, 0.25) is 0 Å². The molecule has 6 rings (SSSR count). The summed E-state index contributed by atoms with van der Waals surface area (Å²) < 4.78 is 9.12. The van der Waals surface area contributed by atoms with Crippen molar-refractivity contribution in [2.75, 3.05) is 26.2 Å². The summed E-state index contributed by atoms with van der Waals surface area (Å²) in [6.07, 6.45) is 7.46. The summed E-state index contributed by atoms with van der Waals surface area (Å²) in [6, 6.07) is 5.82. The Hall–Kier alpha value is -3.04. The molecule has 1 fully saturated rings. The highest BCUT2D eigenvalue weighted by molar-refractivity contribution is 5.71. The third-order valence-corrected chi connectivity index (χ3v) is 7.15. The molecule has 3 aromatic rings. The first-order chi connectivity index (χ1) is 16.2. The second kappa shape index (κ2) is 8.39. The first-order valence-corrected chi connectivity index (χ1v) is 11.8. The van der Waals surface area contributed by atoms with Crippen LogP contribution in [-0.4, -0.2) is 56.3 Å². The minimum absolute atomic E-state index is 0.0375. The van der Waals surface area contributed by atoms with Crippen molar-refractivity contribution in [3.63, 3.8) is 0 Å². The van der Waals surface area contributed by atoms with Crippen LogP contribution in [0.1, 0.15) is 36.6 Å². The van der Waals surface area contributed by atoms with Crippen molar-refractivity contribution in [2.45, 2.75) is 50.9 Å². The number of aryl methyl sites for hydroxylation is 1. The van der Waals surface area contributed by atoms with Crippen LogP contribution in [0, 0.1) is 0 Å². The normalized spacial score (nSPS) is 20.7. The van der Waals surface area contributed by atoms with Gasteiger partial charge in [-0.1, -0.05) is 0 Å². The predicted molar refractivity (Wildman–Crippen MR) is 124 cm³/mol. The molecule has 172 valence electrons. The van der Waals surface area contributed by atoms with Gasteiger partial charge in [0.15, 0.2) is 0 Å². The number of nitrogens with zero attached hydrogens (tertiary/aromatic N) is 5. The minimum atomic E-state index is -0.135. The van der Waals surface area contributed by atoms with Crippen LogP contribution in [0.2, 0.25) is 0 Å². The average molecular weight is 449 g/mol. The molecule has 1 unspecified atom stereocenters. The number of hydrogen-bond acceptors (Lipinski definition) is 7. The highest BCUT2D eigenvalue weighted by atomic mass is 16.5. The first kappa shape index (κ1) is 20.6. The van der Waals surface area contributed by atoms with Crippen molar-refractivity contribution >= 4 is 11.2 Å². The smallest absolute Gasteiger partial charge is 0.270 e. The van der Waals surface area contributed by atoms with Crippen molar-refractivity contribution in [2.24, 2.45) is 0 Å². The molecule has 9 nitrogen and oxygen atoms in total. The monoisotopic (exact) mass is 448 g/mol. The molecule has 1 N–H and O–H groups in total. The highest BCUT2D eigenvalue weighted by Gasteiger charge is 2.29. The molecule has 33 heavy (non-hydrogen) atoms. The lowest BCUT2D eigenvalue weighted by molar-refractivity contribution is 0.171. The van der Waals surface area contributed by atoms with Crippen molar-refractivity contribution in [1.29, 1.82) is 0 Å². The van der Waals surface area contributed by atoms with Gasteiger partial charge in [-0.25, -0.2) is 4.98 Å². The van der Waals surface area contributed by atoms with E-state index in [-0.39, 0.29) is 17.2 Å². The van der Waals surface area contributed by atoms with Gasteiger partial charge in [0.05, 0.1) is 30.7 Å². The van der Waals surface area contributed by atoms with E-state index in [0.717, 1.165) is 69.9 Å². The summed E-state index contributed by atoms with van der Waals surface area (Å²) in [4.78, 5) is 36.1. The highest BCUT2D eigenvalue weighted by Crippen LogP contribution is 2.25. The fraction of sp³-hybridized carbons (Fsp3) is 0.500. The number of hydrogen-bond donors (Lipinski definition) is 1. The number of rotatable bonds is 5. The first-order valence-electron chi connectivity index (χ1n) is 11.8. The quantitative estimate of drug-likeness (QED) is 0.624. The summed E-state index contributed by atoms with van der Waals surface area (Å²) in [7, 11) is 0. The zero-order valence-electron chi connectivity index (χ0n) is 18.6. The topological polar surface area (TPSA) is 94.3 Å². The van der Waals surface area contributed by atoms with E-state index in [9.17, 15) is 9.59 Å². The molecule has 1 atom stereocenters. The Balaban J connectivity index is 1.06. The van der Waals surface area contributed by atoms with Crippen LogP contribution in [-0.2, 0) is 19.5 Å².